The topological polar surface area (TPSA) is 91.7 Å². The highest BCUT2D eigenvalue weighted by Gasteiger charge is 2.35. The molecular weight excluding hydrogens is 561 g/mol. The zero-order valence-electron chi connectivity index (χ0n) is 19.5. The minimum Gasteiger partial charge on any atom is -0.490 e. The van der Waals surface area contributed by atoms with Crippen LogP contribution in [0, 0.1) is 17.1 Å². The summed E-state index contributed by atoms with van der Waals surface area (Å²) in [4.78, 5) is 26.8. The molecule has 0 atom stereocenters. The van der Waals surface area contributed by atoms with Gasteiger partial charge in [-0.25, -0.2) is 9.29 Å². The van der Waals surface area contributed by atoms with Crippen LogP contribution in [0.4, 0.5) is 10.1 Å². The number of ether oxygens (including phenoxy) is 2. The van der Waals surface area contributed by atoms with E-state index in [1.54, 1.807) is 43.3 Å². The third kappa shape index (κ3) is 5.53. The molecule has 0 aliphatic carbocycles. The standard InChI is InChI=1S/C27H19BrFN3O4S/c1-2-35-23-13-16(12-20(28)24(23)36-15-18-8-4-3-7-17(18)14-30)11-19-25(33)31-27(37)32(26(19)34)22-10-6-5-9-21(22)29/h3-13H,2,15H2,1H3,(H,31,33,37)/b19-11+. The maximum absolute atomic E-state index is 14.4. The van der Waals surface area contributed by atoms with Gasteiger partial charge in [0.25, 0.3) is 11.8 Å². The second-order valence-corrected chi connectivity index (χ2v) is 8.97. The van der Waals surface area contributed by atoms with Crippen molar-refractivity contribution in [2.45, 2.75) is 13.5 Å². The number of nitrogens with zero attached hydrogens (tertiary/aromatic N) is 2. The number of nitriles is 1. The Kier molecular flexibility index (Phi) is 7.96. The molecule has 4 rings (SSSR count). The number of hydrogen-bond donors (Lipinski definition) is 1. The Morgan fingerprint density at radius 3 is 2.59 bits per heavy atom. The molecule has 10 heteroatoms. The largest absolute Gasteiger partial charge is 0.490 e. The molecule has 0 spiro atoms. The number of anilines is 1. The van der Waals surface area contributed by atoms with E-state index in [1.165, 1.54) is 24.3 Å². The van der Waals surface area contributed by atoms with Gasteiger partial charge in [0, 0.05) is 5.56 Å². The van der Waals surface area contributed by atoms with E-state index in [1.807, 2.05) is 6.07 Å². The van der Waals surface area contributed by atoms with E-state index < -0.39 is 17.6 Å². The molecule has 0 saturated carbocycles. The Morgan fingerprint density at radius 1 is 1.14 bits per heavy atom. The zero-order valence-corrected chi connectivity index (χ0v) is 21.9. The summed E-state index contributed by atoms with van der Waals surface area (Å²) in [5.74, 6) is -1.37. The normalized spacial score (nSPS) is 14.4. The van der Waals surface area contributed by atoms with E-state index in [-0.39, 0.29) is 23.0 Å². The average molecular weight is 580 g/mol. The Morgan fingerprint density at radius 2 is 1.86 bits per heavy atom. The van der Waals surface area contributed by atoms with Crippen molar-refractivity contribution in [3.05, 3.63) is 93.2 Å². The summed E-state index contributed by atoms with van der Waals surface area (Å²) in [6, 6.07) is 18.1. The summed E-state index contributed by atoms with van der Waals surface area (Å²) < 4.78 is 26.6. The van der Waals surface area contributed by atoms with Crippen molar-refractivity contribution in [1.82, 2.24) is 5.32 Å². The number of rotatable bonds is 7. The van der Waals surface area contributed by atoms with Crippen molar-refractivity contribution < 1.29 is 23.5 Å². The van der Waals surface area contributed by atoms with Gasteiger partial charge in [-0.2, -0.15) is 5.26 Å². The molecule has 186 valence electrons. The Balaban J connectivity index is 1.68. The van der Waals surface area contributed by atoms with Gasteiger partial charge in [-0.3, -0.25) is 14.9 Å². The van der Waals surface area contributed by atoms with Gasteiger partial charge in [-0.15, -0.1) is 0 Å². The van der Waals surface area contributed by atoms with Crippen molar-refractivity contribution in [2.24, 2.45) is 0 Å². The van der Waals surface area contributed by atoms with E-state index in [0.717, 1.165) is 4.90 Å². The molecule has 3 aromatic rings. The maximum Gasteiger partial charge on any atom is 0.270 e. The van der Waals surface area contributed by atoms with Crippen LogP contribution in [0.15, 0.2) is 70.7 Å². The van der Waals surface area contributed by atoms with Gasteiger partial charge < -0.3 is 9.47 Å². The summed E-state index contributed by atoms with van der Waals surface area (Å²) in [7, 11) is 0. The molecule has 7 nitrogen and oxygen atoms in total. The molecule has 0 radical (unpaired) electrons. The van der Waals surface area contributed by atoms with Crippen LogP contribution in [-0.4, -0.2) is 23.5 Å². The smallest absolute Gasteiger partial charge is 0.270 e. The first-order chi connectivity index (χ1) is 17.8. The predicted octanol–water partition coefficient (Wildman–Crippen LogP) is 5.27. The summed E-state index contributed by atoms with van der Waals surface area (Å²) >= 11 is 8.61. The van der Waals surface area contributed by atoms with Crippen molar-refractivity contribution >= 4 is 56.8 Å². The van der Waals surface area contributed by atoms with Crippen LogP contribution < -0.4 is 19.7 Å². The molecule has 0 unspecified atom stereocenters. The van der Waals surface area contributed by atoms with E-state index in [2.05, 4.69) is 27.3 Å². The Labute approximate surface area is 226 Å². The summed E-state index contributed by atoms with van der Waals surface area (Å²) in [5.41, 5.74) is 1.36. The van der Waals surface area contributed by atoms with Gasteiger partial charge in [0.1, 0.15) is 18.0 Å². The summed E-state index contributed by atoms with van der Waals surface area (Å²) in [6.07, 6.45) is 1.37. The number of carbonyl (C=O) groups is 2. The minimum atomic E-state index is -0.763. The molecule has 1 aliphatic heterocycles. The quantitative estimate of drug-likeness (QED) is 0.233. The highest BCUT2D eigenvalue weighted by atomic mass is 79.9. The second kappa shape index (κ2) is 11.3. The molecule has 1 N–H and O–H groups in total. The molecule has 2 amide bonds. The average Bonchev–Trinajstić information content (AvgIpc) is 2.87. The highest BCUT2D eigenvalue weighted by Crippen LogP contribution is 2.38. The van der Waals surface area contributed by atoms with E-state index in [0.29, 0.717) is 39.3 Å². The summed E-state index contributed by atoms with van der Waals surface area (Å²) in [6.45, 7) is 2.25. The molecule has 1 fully saturated rings. The molecule has 1 heterocycles. The van der Waals surface area contributed by atoms with E-state index >= 15 is 0 Å². The zero-order chi connectivity index (χ0) is 26.5. The van der Waals surface area contributed by atoms with Gasteiger partial charge >= 0.3 is 0 Å². The molecule has 0 bridgehead atoms. The fourth-order valence-corrected chi connectivity index (χ4v) is 4.50. The first-order valence-corrected chi connectivity index (χ1v) is 12.3. The fourth-order valence-electron chi connectivity index (χ4n) is 3.66. The fraction of sp³-hybridized carbons (Fsp3) is 0.111. The first kappa shape index (κ1) is 26.0. The first-order valence-electron chi connectivity index (χ1n) is 11.1. The lowest BCUT2D eigenvalue weighted by Gasteiger charge is -2.29. The van der Waals surface area contributed by atoms with Crippen LogP contribution in [0.3, 0.4) is 0 Å². The number of nitrogens with one attached hydrogen (secondary N) is 1. The number of hydrogen-bond acceptors (Lipinski definition) is 6. The number of halogens is 2. The Bertz CT molecular complexity index is 1480. The van der Waals surface area contributed by atoms with Crippen molar-refractivity contribution in [3.63, 3.8) is 0 Å². The molecular formula is C27H19BrFN3O4S. The molecule has 1 saturated heterocycles. The van der Waals surface area contributed by atoms with E-state index in [9.17, 15) is 19.2 Å². The molecule has 0 aromatic heterocycles. The number of benzene rings is 3. The minimum absolute atomic E-state index is 0.0685. The van der Waals surface area contributed by atoms with Crippen molar-refractivity contribution in [2.75, 3.05) is 11.5 Å². The lowest BCUT2D eigenvalue weighted by molar-refractivity contribution is -0.122. The van der Waals surface area contributed by atoms with Gasteiger partial charge in [0.15, 0.2) is 16.6 Å². The maximum atomic E-state index is 14.4. The van der Waals surface area contributed by atoms with E-state index in [4.69, 9.17) is 21.7 Å². The van der Waals surface area contributed by atoms with Crippen LogP contribution >= 0.6 is 28.1 Å². The van der Waals surface area contributed by atoms with Gasteiger partial charge in [0.2, 0.25) is 0 Å². The SMILES string of the molecule is CCOc1cc(/C=C2\C(=O)NC(=S)N(c3ccccc3F)C2=O)cc(Br)c1OCc1ccccc1C#N. The third-order valence-electron chi connectivity index (χ3n) is 5.35. The van der Waals surface area contributed by atoms with Crippen LogP contribution in [0.5, 0.6) is 11.5 Å². The number of amides is 2. The van der Waals surface area contributed by atoms with Crippen molar-refractivity contribution in [3.8, 4) is 17.6 Å². The van der Waals surface area contributed by atoms with Crippen LogP contribution in [0.25, 0.3) is 6.08 Å². The van der Waals surface area contributed by atoms with Crippen molar-refractivity contribution in [1.29, 1.82) is 5.26 Å². The molecule has 37 heavy (non-hydrogen) atoms. The molecule has 3 aromatic carbocycles. The summed E-state index contributed by atoms with van der Waals surface area (Å²) in [5, 5.41) is 11.6. The highest BCUT2D eigenvalue weighted by molar-refractivity contribution is 9.10. The van der Waals surface area contributed by atoms with Gasteiger partial charge in [-0.1, -0.05) is 30.3 Å². The van der Waals surface area contributed by atoms with Gasteiger partial charge in [0.05, 0.1) is 28.4 Å². The van der Waals surface area contributed by atoms with Crippen LogP contribution in [-0.2, 0) is 16.2 Å². The third-order valence-corrected chi connectivity index (χ3v) is 6.22. The molecule has 1 aliphatic rings. The monoisotopic (exact) mass is 579 g/mol. The lowest BCUT2D eigenvalue weighted by atomic mass is 10.1. The second-order valence-electron chi connectivity index (χ2n) is 7.73. The number of thiocarbonyl (C=S) groups is 1. The van der Waals surface area contributed by atoms with Crippen LogP contribution in [0.1, 0.15) is 23.6 Å². The number of carbonyl (C=O) groups excluding carboxylic acids is 2. The Hall–Kier alpha value is -4.07. The number of para-hydroxylation sites is 1. The van der Waals surface area contributed by atoms with Gasteiger partial charge in [-0.05, 0) is 77.0 Å². The van der Waals surface area contributed by atoms with Crippen LogP contribution in [0.2, 0.25) is 0 Å². The predicted molar refractivity (Wildman–Crippen MR) is 143 cm³/mol. The lowest BCUT2D eigenvalue weighted by Crippen LogP contribution is -2.54.